The van der Waals surface area contributed by atoms with Gasteiger partial charge in [0.2, 0.25) is 10.0 Å². The van der Waals surface area contributed by atoms with Crippen molar-refractivity contribution in [2.24, 2.45) is 0 Å². The lowest BCUT2D eigenvalue weighted by molar-refractivity contribution is 0.132. The molecule has 0 fully saturated rings. The summed E-state index contributed by atoms with van der Waals surface area (Å²) in [5.41, 5.74) is 0.824. The van der Waals surface area contributed by atoms with Crippen LogP contribution < -0.4 is 23.7 Å². The fraction of sp³-hybridized carbons (Fsp3) is 0.400. The second-order valence-electron chi connectivity index (χ2n) is 7.05. The molecule has 0 saturated heterocycles. The van der Waals surface area contributed by atoms with Crippen molar-refractivity contribution in [3.63, 3.8) is 0 Å². The Labute approximate surface area is 165 Å². The second-order valence-corrected chi connectivity index (χ2v) is 8.81. The monoisotopic (exact) mass is 407 g/mol. The first-order valence-electron chi connectivity index (χ1n) is 8.91. The second kappa shape index (κ2) is 7.89. The summed E-state index contributed by atoms with van der Waals surface area (Å²) >= 11 is 0. The molecule has 0 aromatic heterocycles. The lowest BCUT2D eigenvalue weighted by Gasteiger charge is -2.18. The molecule has 3 rings (SSSR count). The highest BCUT2D eigenvalue weighted by atomic mass is 32.2. The molecule has 1 heterocycles. The molecule has 1 N–H and O–H groups in total. The van der Waals surface area contributed by atoms with E-state index in [1.54, 1.807) is 6.07 Å². The summed E-state index contributed by atoms with van der Waals surface area (Å²) in [5.74, 6) is 2.16. The van der Waals surface area contributed by atoms with Gasteiger partial charge in [-0.25, -0.2) is 13.1 Å². The maximum absolute atomic E-state index is 12.5. The van der Waals surface area contributed by atoms with Gasteiger partial charge in [-0.1, -0.05) is 12.1 Å². The number of fused-ring (bicyclic) bond motifs is 1. The largest absolute Gasteiger partial charge is 0.493 e. The molecule has 0 radical (unpaired) electrons. The molecule has 0 amide bonds. The zero-order valence-electron chi connectivity index (χ0n) is 16.4. The van der Waals surface area contributed by atoms with Gasteiger partial charge in [0, 0.05) is 24.6 Å². The van der Waals surface area contributed by atoms with Gasteiger partial charge in [-0.15, -0.1) is 0 Å². The van der Waals surface area contributed by atoms with Crippen molar-refractivity contribution in [3.05, 3.63) is 42.0 Å². The molecule has 0 spiro atoms. The molecule has 0 aliphatic carbocycles. The van der Waals surface area contributed by atoms with E-state index in [4.69, 9.17) is 18.9 Å². The van der Waals surface area contributed by atoms with Crippen LogP contribution in [-0.4, -0.2) is 41.4 Å². The smallest absolute Gasteiger partial charge is 0.240 e. The summed E-state index contributed by atoms with van der Waals surface area (Å²) in [7, 11) is -0.751. The summed E-state index contributed by atoms with van der Waals surface area (Å²) in [6, 6.07) is 10.2. The van der Waals surface area contributed by atoms with Crippen LogP contribution in [0.25, 0.3) is 0 Å². The number of methoxy groups -OCH3 is 2. The van der Waals surface area contributed by atoms with E-state index in [0.717, 1.165) is 17.7 Å². The molecule has 8 heteroatoms. The highest BCUT2D eigenvalue weighted by Crippen LogP contribution is 2.41. The van der Waals surface area contributed by atoms with Crippen molar-refractivity contribution in [3.8, 4) is 23.0 Å². The van der Waals surface area contributed by atoms with E-state index < -0.39 is 10.0 Å². The Bertz CT molecular complexity index is 955. The first kappa shape index (κ1) is 20.3. The third kappa shape index (κ3) is 4.34. The van der Waals surface area contributed by atoms with Crippen LogP contribution in [0.4, 0.5) is 0 Å². The van der Waals surface area contributed by atoms with Crippen LogP contribution in [-0.2, 0) is 16.4 Å². The van der Waals surface area contributed by atoms with Crippen molar-refractivity contribution in [1.29, 1.82) is 0 Å². The van der Waals surface area contributed by atoms with E-state index in [1.165, 1.54) is 26.4 Å². The number of sulfonamides is 1. The van der Waals surface area contributed by atoms with Crippen LogP contribution in [0.15, 0.2) is 41.3 Å². The highest BCUT2D eigenvalue weighted by Gasteiger charge is 2.32. The van der Waals surface area contributed by atoms with E-state index in [0.29, 0.717) is 17.2 Å². The molecule has 1 aliphatic rings. The minimum Gasteiger partial charge on any atom is -0.493 e. The molecule has 152 valence electrons. The molecule has 0 atom stereocenters. The molecule has 0 bridgehead atoms. The van der Waals surface area contributed by atoms with Crippen LogP contribution in [0.1, 0.15) is 19.4 Å². The first-order valence-corrected chi connectivity index (χ1v) is 10.4. The Morgan fingerprint density at radius 3 is 2.54 bits per heavy atom. The average Bonchev–Trinajstić information content (AvgIpc) is 2.99. The zero-order chi connectivity index (χ0) is 20.4. The van der Waals surface area contributed by atoms with Gasteiger partial charge in [0.1, 0.15) is 12.2 Å². The summed E-state index contributed by atoms with van der Waals surface area (Å²) < 4.78 is 49.5. The molecule has 2 aromatic rings. The molecule has 1 aliphatic heterocycles. The van der Waals surface area contributed by atoms with E-state index in [-0.39, 0.29) is 23.6 Å². The van der Waals surface area contributed by atoms with E-state index >= 15 is 0 Å². The summed E-state index contributed by atoms with van der Waals surface area (Å²) in [4.78, 5) is 0.0934. The van der Waals surface area contributed by atoms with Crippen LogP contribution >= 0.6 is 0 Å². The van der Waals surface area contributed by atoms with Crippen LogP contribution in [0.5, 0.6) is 23.0 Å². The van der Waals surface area contributed by atoms with Crippen molar-refractivity contribution < 1.29 is 27.4 Å². The lowest BCUT2D eigenvalue weighted by Crippen LogP contribution is -2.28. The van der Waals surface area contributed by atoms with Crippen molar-refractivity contribution in [2.45, 2.75) is 30.8 Å². The number of hydrogen-bond donors (Lipinski definition) is 1. The maximum Gasteiger partial charge on any atom is 0.240 e. The van der Waals surface area contributed by atoms with Crippen LogP contribution in [0.3, 0.4) is 0 Å². The predicted octanol–water partition coefficient (Wildman–Crippen LogP) is 2.77. The standard InChI is InChI=1S/C20H25NO6S/c1-20(2)13-14-6-5-7-17(19(14)27-20)26-11-10-21-28(22,23)15-8-9-16(24-3)18(12-15)25-4/h5-9,12,21H,10-11,13H2,1-4H3. The fourth-order valence-electron chi connectivity index (χ4n) is 3.11. The fourth-order valence-corrected chi connectivity index (χ4v) is 4.13. The average molecular weight is 407 g/mol. The number of para-hydroxylation sites is 1. The molecule has 7 nitrogen and oxygen atoms in total. The molecule has 0 unspecified atom stereocenters. The minimum atomic E-state index is -3.70. The Balaban J connectivity index is 1.61. The third-order valence-electron chi connectivity index (χ3n) is 4.37. The van der Waals surface area contributed by atoms with Crippen molar-refractivity contribution >= 4 is 10.0 Å². The molecule has 2 aromatic carbocycles. The summed E-state index contributed by atoms with van der Waals surface area (Å²) in [6.07, 6.45) is 0.811. The Kier molecular flexibility index (Phi) is 5.71. The Hall–Kier alpha value is -2.45. The molecule has 0 saturated carbocycles. The summed E-state index contributed by atoms with van der Waals surface area (Å²) in [6.45, 7) is 4.33. The minimum absolute atomic E-state index is 0.0934. The van der Waals surface area contributed by atoms with Gasteiger partial charge in [-0.2, -0.15) is 0 Å². The van der Waals surface area contributed by atoms with Gasteiger partial charge in [0.15, 0.2) is 23.0 Å². The van der Waals surface area contributed by atoms with Crippen LogP contribution in [0, 0.1) is 0 Å². The van der Waals surface area contributed by atoms with Crippen LogP contribution in [0.2, 0.25) is 0 Å². The summed E-state index contributed by atoms with van der Waals surface area (Å²) in [5, 5.41) is 0. The maximum atomic E-state index is 12.5. The molecule has 28 heavy (non-hydrogen) atoms. The van der Waals surface area contributed by atoms with Crippen molar-refractivity contribution in [2.75, 3.05) is 27.4 Å². The Morgan fingerprint density at radius 1 is 1.07 bits per heavy atom. The number of rotatable bonds is 8. The number of ether oxygens (including phenoxy) is 4. The van der Waals surface area contributed by atoms with Gasteiger partial charge >= 0.3 is 0 Å². The number of benzene rings is 2. The topological polar surface area (TPSA) is 83.1 Å². The number of nitrogens with one attached hydrogen (secondary N) is 1. The third-order valence-corrected chi connectivity index (χ3v) is 5.83. The zero-order valence-corrected chi connectivity index (χ0v) is 17.3. The van der Waals surface area contributed by atoms with E-state index in [2.05, 4.69) is 4.72 Å². The predicted molar refractivity (Wildman–Crippen MR) is 105 cm³/mol. The SMILES string of the molecule is COc1ccc(S(=O)(=O)NCCOc2cccc3c2OC(C)(C)C3)cc1OC. The van der Waals surface area contributed by atoms with Gasteiger partial charge in [0.05, 0.1) is 19.1 Å². The normalized spacial score (nSPS) is 14.9. The van der Waals surface area contributed by atoms with Crippen molar-refractivity contribution in [1.82, 2.24) is 4.72 Å². The van der Waals surface area contributed by atoms with Gasteiger partial charge in [0.25, 0.3) is 0 Å². The van der Waals surface area contributed by atoms with E-state index in [9.17, 15) is 8.42 Å². The van der Waals surface area contributed by atoms with Gasteiger partial charge in [-0.05, 0) is 32.0 Å². The quantitative estimate of drug-likeness (QED) is 0.678. The van der Waals surface area contributed by atoms with Gasteiger partial charge < -0.3 is 18.9 Å². The van der Waals surface area contributed by atoms with Gasteiger partial charge in [-0.3, -0.25) is 0 Å². The lowest BCUT2D eigenvalue weighted by atomic mass is 10.0. The molecular formula is C20H25NO6S. The number of hydrogen-bond acceptors (Lipinski definition) is 6. The van der Waals surface area contributed by atoms with E-state index in [1.807, 2.05) is 32.0 Å². The highest BCUT2D eigenvalue weighted by molar-refractivity contribution is 7.89. The Morgan fingerprint density at radius 2 is 1.82 bits per heavy atom. The first-order chi connectivity index (χ1) is 13.3. The molecular weight excluding hydrogens is 382 g/mol.